The Bertz CT molecular complexity index is 4380. The van der Waals surface area contributed by atoms with Crippen LogP contribution < -0.4 is 55.3 Å². The average Bonchev–Trinajstić information content (AvgIpc) is 0.845. The van der Waals surface area contributed by atoms with Crippen LogP contribution in [0.2, 0.25) is 0 Å². The Balaban J connectivity index is 0.000000261. The fourth-order valence-electron chi connectivity index (χ4n) is 11.1. The van der Waals surface area contributed by atoms with E-state index in [0.717, 1.165) is 102 Å². The second kappa shape index (κ2) is 39.2. The van der Waals surface area contributed by atoms with Gasteiger partial charge in [-0.25, -0.2) is 34.1 Å². The van der Waals surface area contributed by atoms with Crippen LogP contribution in [-0.4, -0.2) is 185 Å². The zero-order valence-electron chi connectivity index (χ0n) is 58.9. The van der Waals surface area contributed by atoms with Gasteiger partial charge in [0.2, 0.25) is 11.9 Å². The fourth-order valence-corrected chi connectivity index (χ4v) is 14.1. The van der Waals surface area contributed by atoms with Gasteiger partial charge in [-0.1, -0.05) is 54.6 Å². The number of carbonyl (C=O) groups is 4. The summed E-state index contributed by atoms with van der Waals surface area (Å²) in [6, 6.07) is 46.5. The zero-order chi connectivity index (χ0) is 72.0. The molecule has 7 N–H and O–H groups in total. The van der Waals surface area contributed by atoms with E-state index in [1.807, 2.05) is 141 Å². The van der Waals surface area contributed by atoms with Gasteiger partial charge in [-0.15, -0.1) is 0 Å². The number of hydrogen-bond acceptors (Lipinski definition) is 23. The van der Waals surface area contributed by atoms with Crippen LogP contribution in [0.25, 0.3) is 22.5 Å². The normalized spacial score (nSPS) is 15.1. The van der Waals surface area contributed by atoms with Gasteiger partial charge in [0.05, 0.1) is 30.3 Å². The van der Waals surface area contributed by atoms with Crippen molar-refractivity contribution in [1.29, 1.82) is 0 Å². The van der Waals surface area contributed by atoms with E-state index in [0.29, 0.717) is 72.9 Å². The van der Waals surface area contributed by atoms with E-state index >= 15 is 0 Å². The number of carboxylic acids is 1. The molecule has 9 aromatic rings. The summed E-state index contributed by atoms with van der Waals surface area (Å²) in [7, 11) is -7.66. The minimum Gasteiger partial charge on any atom is -0.870 e. The third-order valence-corrected chi connectivity index (χ3v) is 20.2. The number of hydrogen-bond donors (Lipinski definition) is 6. The largest absolute Gasteiger partial charge is 1.00 e. The Kier molecular flexibility index (Phi) is 30.4. The summed E-state index contributed by atoms with van der Waals surface area (Å²) in [4.78, 5) is 94.6. The van der Waals surface area contributed by atoms with Gasteiger partial charge in [-0.3, -0.25) is 43.0 Å². The van der Waals surface area contributed by atoms with Gasteiger partial charge in [-0.2, -0.15) is 0 Å². The Morgan fingerprint density at radius 2 is 1.00 bits per heavy atom. The predicted molar refractivity (Wildman–Crippen MR) is 393 cm³/mol. The van der Waals surface area contributed by atoms with E-state index in [-0.39, 0.29) is 65.8 Å². The van der Waals surface area contributed by atoms with Crippen LogP contribution in [0.4, 0.5) is 34.6 Å². The monoisotopic (exact) mass is 1460 g/mol. The van der Waals surface area contributed by atoms with E-state index in [9.17, 15) is 33.2 Å². The van der Waals surface area contributed by atoms with Crippen LogP contribution in [0.3, 0.4) is 0 Å². The number of nitrogens with one attached hydrogen (secondary N) is 4. The molecule has 6 heterocycles. The molecule has 0 aliphatic carbocycles. The van der Waals surface area contributed by atoms with Gasteiger partial charge in [0.25, 0.3) is 11.8 Å². The Labute approximate surface area is 626 Å². The summed E-state index contributed by atoms with van der Waals surface area (Å²) >= 11 is 0. The molecule has 0 spiro atoms. The first-order valence-corrected chi connectivity index (χ1v) is 37.0. The van der Waals surface area contributed by atoms with Crippen molar-refractivity contribution in [2.45, 2.75) is 59.9 Å². The summed E-state index contributed by atoms with van der Waals surface area (Å²) in [6.07, 6.45) is 7.96. The van der Waals surface area contributed by atoms with Gasteiger partial charge >= 0.3 is 56.7 Å². The van der Waals surface area contributed by atoms with Crippen LogP contribution in [0.5, 0.6) is 5.75 Å². The molecule has 11 rings (SSSR count). The summed E-state index contributed by atoms with van der Waals surface area (Å²) < 4.78 is 47.5. The van der Waals surface area contributed by atoms with E-state index in [4.69, 9.17) is 23.4 Å². The molecule has 2 aliphatic rings. The fraction of sp³-hybridized carbons (Fsp3) is 0.297. The second-order valence-corrected chi connectivity index (χ2v) is 28.5. The van der Waals surface area contributed by atoms with Gasteiger partial charge < -0.3 is 55.8 Å². The number of aliphatic carboxylic acids is 1. The molecular formula is C74H85N14NaO13P2. The SMILES string of the molecule is CCOC(=O)[C@@H](C)OP(=O)(CCN1CCN(Cc2ccc(C(=O)Nc3ccc(C)c(Nc4nccc(-c5cccnc5)n4)c3)cc2)CC1)Oc1ccccc1.Cc1ccc(NC(=O)c2ccc(CN3CCN(CCP(=O)(O)O[C@H](C)C(=O)O)CC3)cc2)cc1Nc1nccc(-c2cccnc2)n1.[Na+].[OH-]. The predicted octanol–water partition coefficient (Wildman–Crippen LogP) is 8.66. The van der Waals surface area contributed by atoms with Crippen molar-refractivity contribution >= 4 is 73.6 Å². The Morgan fingerprint density at radius 3 is 1.43 bits per heavy atom. The quantitative estimate of drug-likeness (QED) is 0.0145. The maximum absolute atomic E-state index is 13.8. The number of piperazine rings is 2. The van der Waals surface area contributed by atoms with E-state index in [2.05, 4.69) is 70.8 Å². The molecular weight excluding hydrogens is 1380 g/mol. The van der Waals surface area contributed by atoms with E-state index in [1.54, 1.807) is 68.4 Å². The van der Waals surface area contributed by atoms with Crippen molar-refractivity contribution in [3.63, 3.8) is 0 Å². The molecule has 0 bridgehead atoms. The Morgan fingerprint density at radius 1 is 0.548 bits per heavy atom. The molecule has 4 aromatic heterocycles. The summed E-state index contributed by atoms with van der Waals surface area (Å²) in [5.41, 5.74) is 11.3. The van der Waals surface area contributed by atoms with Gasteiger partial charge in [0.1, 0.15) is 5.75 Å². The standard InChI is InChI=1S/C41H46N7O6P.C33H38N7O6P.Na.H2O/c1-4-52-40(50)31(3)53-55(51,54-36-10-6-5-7-11-36)26-25-47-21-23-48(24-22-47)29-32-13-15-33(16-14-32)39(49)44-35-17-12-30(2)38(27-35)46-41-43-20-18-37(45-41)34-9-8-19-42-28-34;1-23-5-10-28(20-30(23)38-33-35-13-11-29(37-33)27-4-3-12-34-21-27)36-31(41)26-8-6-25(7-9-26)22-40-16-14-39(15-17-40)18-19-47(44,45)46-24(2)32(42)43;;/h5-20,27-28,31H,4,21-26,29H2,1-3H3,(H,44,49)(H,43,45,46);3-13,20-21,24H,14-19,22H2,1-2H3,(H,36,41)(H,42,43)(H,44,45)(H,35,37,38);;1H2/q;;+1;/p-1/t31-,55?;24-;;/m11../s1. The molecule has 2 aliphatic heterocycles. The van der Waals surface area contributed by atoms with Crippen molar-refractivity contribution in [2.24, 2.45) is 0 Å². The number of esters is 1. The van der Waals surface area contributed by atoms with Crippen molar-refractivity contribution in [1.82, 2.24) is 49.5 Å². The molecule has 104 heavy (non-hydrogen) atoms. The topological polar surface area (TPSA) is 348 Å². The first-order chi connectivity index (χ1) is 49.2. The first-order valence-electron chi connectivity index (χ1n) is 33.5. The number of benzene rings is 5. The molecule has 5 aromatic carbocycles. The average molecular weight is 1460 g/mol. The van der Waals surface area contributed by atoms with Crippen molar-refractivity contribution in [3.05, 3.63) is 222 Å². The van der Waals surface area contributed by atoms with Crippen LogP contribution in [0, 0.1) is 13.8 Å². The van der Waals surface area contributed by atoms with Crippen molar-refractivity contribution in [3.8, 4) is 28.3 Å². The smallest absolute Gasteiger partial charge is 0.870 e. The summed E-state index contributed by atoms with van der Waals surface area (Å²) in [5.74, 6) is -0.990. The molecule has 2 saturated heterocycles. The first kappa shape index (κ1) is 80.7. The number of anilines is 6. The van der Waals surface area contributed by atoms with Crippen LogP contribution in [-0.2, 0) is 45.6 Å². The number of rotatable bonds is 29. The number of pyridine rings is 2. The van der Waals surface area contributed by atoms with Crippen molar-refractivity contribution < 1.29 is 91.6 Å². The van der Waals surface area contributed by atoms with Crippen LogP contribution in [0.15, 0.2) is 189 Å². The number of para-hydroxylation sites is 1. The molecule has 0 saturated carbocycles. The number of amides is 2. The third kappa shape index (κ3) is 24.6. The molecule has 30 heteroatoms. The van der Waals surface area contributed by atoms with Crippen LogP contribution >= 0.6 is 15.2 Å². The minimum atomic E-state index is -3.98. The van der Waals surface area contributed by atoms with Gasteiger partial charge in [-0.05, 0) is 154 Å². The Hall–Kier alpha value is -9.02. The maximum atomic E-state index is 13.8. The molecule has 2 amide bonds. The van der Waals surface area contributed by atoms with Gasteiger partial charge in [0, 0.05) is 161 Å². The number of aryl methyl sites for hydroxylation is 2. The number of aromatic nitrogens is 6. The number of carboxylic acid groups (broad SMARTS) is 1. The number of nitrogens with zero attached hydrogens (tertiary/aromatic N) is 10. The maximum Gasteiger partial charge on any atom is 1.00 e. The zero-order valence-corrected chi connectivity index (χ0v) is 62.7. The second-order valence-electron chi connectivity index (χ2n) is 24.5. The number of ether oxygens (including phenoxy) is 1. The summed E-state index contributed by atoms with van der Waals surface area (Å²) in [6.45, 7) is 17.1. The molecule has 2 unspecified atom stereocenters. The van der Waals surface area contributed by atoms with E-state index < -0.39 is 39.3 Å². The molecule has 27 nitrogen and oxygen atoms in total. The summed E-state index contributed by atoms with van der Waals surface area (Å²) in [5, 5.41) is 21.4. The molecule has 540 valence electrons. The molecule has 2 fully saturated rings. The van der Waals surface area contributed by atoms with E-state index in [1.165, 1.54) is 13.8 Å². The number of carbonyl (C=O) groups excluding carboxylic acids is 3. The van der Waals surface area contributed by atoms with Crippen LogP contribution in [0.1, 0.15) is 63.7 Å². The minimum absolute atomic E-state index is 0. The van der Waals surface area contributed by atoms with Gasteiger partial charge in [0.15, 0.2) is 12.2 Å². The third-order valence-electron chi connectivity index (χ3n) is 16.9. The van der Waals surface area contributed by atoms with Crippen molar-refractivity contribution in [2.75, 3.05) is 106 Å². The molecule has 4 atom stereocenters. The molecule has 0 radical (unpaired) electrons.